The summed E-state index contributed by atoms with van der Waals surface area (Å²) >= 11 is 0. The number of benzene rings is 1. The number of fused-ring (bicyclic) bond motifs is 1. The van der Waals surface area contributed by atoms with Gasteiger partial charge in [0.05, 0.1) is 6.54 Å². The number of amides is 2. The van der Waals surface area contributed by atoms with Crippen molar-refractivity contribution in [1.82, 2.24) is 10.5 Å². The van der Waals surface area contributed by atoms with Crippen LogP contribution in [0.4, 0.5) is 10.1 Å². The minimum absolute atomic E-state index is 0.0472. The molecule has 3 rings (SSSR count). The Balaban J connectivity index is 1.57. The highest BCUT2D eigenvalue weighted by Gasteiger charge is 2.24. The summed E-state index contributed by atoms with van der Waals surface area (Å²) in [5, 5.41) is 6.54. The van der Waals surface area contributed by atoms with Crippen LogP contribution in [0, 0.1) is 12.7 Å². The van der Waals surface area contributed by atoms with Gasteiger partial charge in [0, 0.05) is 31.1 Å². The van der Waals surface area contributed by atoms with Gasteiger partial charge in [-0.05, 0) is 37.1 Å². The average molecular weight is 331 g/mol. The normalized spacial score (nSPS) is 13.8. The summed E-state index contributed by atoms with van der Waals surface area (Å²) in [6.45, 7) is 2.33. The second-order valence-corrected chi connectivity index (χ2v) is 5.77. The summed E-state index contributed by atoms with van der Waals surface area (Å²) in [6, 6.07) is 6.12. The smallest absolute Gasteiger partial charge is 0.227 e. The predicted octanol–water partition coefficient (Wildman–Crippen LogP) is 2.11. The van der Waals surface area contributed by atoms with Crippen LogP contribution in [-0.4, -0.2) is 23.5 Å². The highest BCUT2D eigenvalue weighted by atomic mass is 19.1. The van der Waals surface area contributed by atoms with Crippen LogP contribution < -0.4 is 10.2 Å². The van der Waals surface area contributed by atoms with Crippen molar-refractivity contribution in [3.63, 3.8) is 0 Å². The Bertz CT molecular complexity index is 772. The first-order chi connectivity index (χ1) is 11.5. The fourth-order valence-electron chi connectivity index (χ4n) is 2.77. The van der Waals surface area contributed by atoms with Gasteiger partial charge in [-0.3, -0.25) is 9.59 Å². The van der Waals surface area contributed by atoms with Crippen molar-refractivity contribution in [3.05, 3.63) is 47.1 Å². The van der Waals surface area contributed by atoms with Crippen LogP contribution >= 0.6 is 0 Å². The Morgan fingerprint density at radius 1 is 1.38 bits per heavy atom. The molecule has 2 amide bonds. The van der Waals surface area contributed by atoms with Crippen LogP contribution in [0.3, 0.4) is 0 Å². The molecule has 2 aromatic rings. The maximum Gasteiger partial charge on any atom is 0.227 e. The molecule has 126 valence electrons. The van der Waals surface area contributed by atoms with Gasteiger partial charge in [-0.15, -0.1) is 0 Å². The van der Waals surface area contributed by atoms with Crippen molar-refractivity contribution in [2.75, 3.05) is 11.4 Å². The summed E-state index contributed by atoms with van der Waals surface area (Å²) in [5.74, 6) is 0.137. The van der Waals surface area contributed by atoms with Crippen LogP contribution in [0.2, 0.25) is 0 Å². The molecule has 24 heavy (non-hydrogen) atoms. The average Bonchev–Trinajstić information content (AvgIpc) is 2.97. The molecule has 0 bridgehead atoms. The first-order valence-corrected chi connectivity index (χ1v) is 7.80. The number of rotatable bonds is 5. The number of hydrogen-bond acceptors (Lipinski definition) is 4. The largest absolute Gasteiger partial charge is 0.361 e. The van der Waals surface area contributed by atoms with E-state index in [1.807, 2.05) is 0 Å². The molecule has 7 heteroatoms. The standard InChI is InChI=1S/C17H18FN3O3/c1-11-8-14(20-24-11)10-19-16(22)6-7-21-15-4-3-13(18)9-12(15)2-5-17(21)23/h3-4,8-9H,2,5-7,10H2,1H3,(H,19,22). The zero-order chi connectivity index (χ0) is 17.1. The number of halogens is 1. The lowest BCUT2D eigenvalue weighted by molar-refractivity contribution is -0.121. The van der Waals surface area contributed by atoms with E-state index in [4.69, 9.17) is 4.52 Å². The van der Waals surface area contributed by atoms with Crippen LogP contribution in [-0.2, 0) is 22.6 Å². The van der Waals surface area contributed by atoms with Gasteiger partial charge in [0.15, 0.2) is 0 Å². The first-order valence-electron chi connectivity index (χ1n) is 7.80. The fraction of sp³-hybridized carbons (Fsp3) is 0.353. The van der Waals surface area contributed by atoms with E-state index in [9.17, 15) is 14.0 Å². The molecule has 1 aromatic carbocycles. The SMILES string of the molecule is Cc1cc(CNC(=O)CCN2C(=O)CCc3cc(F)ccc32)no1. The molecule has 0 saturated heterocycles. The van der Waals surface area contributed by atoms with E-state index in [1.54, 1.807) is 24.0 Å². The molecule has 0 atom stereocenters. The monoisotopic (exact) mass is 331 g/mol. The molecular weight excluding hydrogens is 313 g/mol. The second kappa shape index (κ2) is 6.82. The molecule has 0 saturated carbocycles. The third-order valence-corrected chi connectivity index (χ3v) is 3.95. The van der Waals surface area contributed by atoms with Gasteiger partial charge in [0.2, 0.25) is 11.8 Å². The lowest BCUT2D eigenvalue weighted by atomic mass is 10.0. The van der Waals surface area contributed by atoms with E-state index in [0.29, 0.717) is 30.0 Å². The molecule has 0 spiro atoms. The van der Waals surface area contributed by atoms with E-state index in [1.165, 1.54) is 12.1 Å². The lowest BCUT2D eigenvalue weighted by Gasteiger charge is -2.29. The zero-order valence-electron chi connectivity index (χ0n) is 13.3. The van der Waals surface area contributed by atoms with Gasteiger partial charge < -0.3 is 14.7 Å². The minimum Gasteiger partial charge on any atom is -0.361 e. The molecule has 1 N–H and O–H groups in total. The summed E-state index contributed by atoms with van der Waals surface area (Å²) in [7, 11) is 0. The number of hydrogen-bond donors (Lipinski definition) is 1. The number of aryl methyl sites for hydroxylation is 2. The summed E-state index contributed by atoms with van der Waals surface area (Å²) in [4.78, 5) is 25.6. The molecule has 0 fully saturated rings. The van der Waals surface area contributed by atoms with Crippen LogP contribution in [0.25, 0.3) is 0 Å². The van der Waals surface area contributed by atoms with Gasteiger partial charge in [-0.25, -0.2) is 4.39 Å². The van der Waals surface area contributed by atoms with Crippen LogP contribution in [0.5, 0.6) is 0 Å². The second-order valence-electron chi connectivity index (χ2n) is 5.77. The van der Waals surface area contributed by atoms with Crippen molar-refractivity contribution in [2.24, 2.45) is 0 Å². The van der Waals surface area contributed by atoms with E-state index >= 15 is 0 Å². The van der Waals surface area contributed by atoms with E-state index in [0.717, 1.165) is 5.56 Å². The van der Waals surface area contributed by atoms with Crippen molar-refractivity contribution in [3.8, 4) is 0 Å². The molecule has 0 unspecified atom stereocenters. The number of aromatic nitrogens is 1. The van der Waals surface area contributed by atoms with Crippen LogP contribution in [0.1, 0.15) is 29.9 Å². The minimum atomic E-state index is -0.316. The lowest BCUT2D eigenvalue weighted by Crippen LogP contribution is -2.38. The number of carbonyl (C=O) groups is 2. The van der Waals surface area contributed by atoms with Crippen molar-refractivity contribution in [2.45, 2.75) is 32.7 Å². The molecule has 2 heterocycles. The fourth-order valence-corrected chi connectivity index (χ4v) is 2.77. The van der Waals surface area contributed by atoms with Gasteiger partial charge in [-0.2, -0.15) is 0 Å². The summed E-state index contributed by atoms with van der Waals surface area (Å²) in [6.07, 6.45) is 1.02. The maximum atomic E-state index is 13.3. The summed E-state index contributed by atoms with van der Waals surface area (Å²) in [5.41, 5.74) is 2.14. The van der Waals surface area contributed by atoms with Gasteiger partial charge in [0.25, 0.3) is 0 Å². The van der Waals surface area contributed by atoms with Gasteiger partial charge >= 0.3 is 0 Å². The van der Waals surface area contributed by atoms with Gasteiger partial charge in [0.1, 0.15) is 17.3 Å². The molecule has 6 nitrogen and oxygen atoms in total. The first kappa shape index (κ1) is 16.2. The molecular formula is C17H18FN3O3. The number of nitrogens with one attached hydrogen (secondary N) is 1. The quantitative estimate of drug-likeness (QED) is 0.910. The number of carbonyl (C=O) groups excluding carboxylic acids is 2. The predicted molar refractivity (Wildman–Crippen MR) is 84.8 cm³/mol. The maximum absolute atomic E-state index is 13.3. The zero-order valence-corrected chi connectivity index (χ0v) is 13.3. The topological polar surface area (TPSA) is 75.4 Å². The molecule has 1 aliphatic heterocycles. The Kier molecular flexibility index (Phi) is 4.59. The van der Waals surface area contributed by atoms with Crippen molar-refractivity contribution < 1.29 is 18.5 Å². The van der Waals surface area contributed by atoms with E-state index in [2.05, 4.69) is 10.5 Å². The van der Waals surface area contributed by atoms with Crippen molar-refractivity contribution >= 4 is 17.5 Å². The Hall–Kier alpha value is -2.70. The third kappa shape index (κ3) is 3.61. The summed E-state index contributed by atoms with van der Waals surface area (Å²) < 4.78 is 18.2. The molecule has 0 aliphatic carbocycles. The Morgan fingerprint density at radius 2 is 2.21 bits per heavy atom. The Labute approximate surface area is 138 Å². The molecule has 1 aliphatic rings. The molecule has 1 aromatic heterocycles. The highest BCUT2D eigenvalue weighted by molar-refractivity contribution is 5.97. The Morgan fingerprint density at radius 3 is 2.96 bits per heavy atom. The number of nitrogens with zero attached hydrogens (tertiary/aromatic N) is 2. The highest BCUT2D eigenvalue weighted by Crippen LogP contribution is 2.28. The van der Waals surface area contributed by atoms with Crippen LogP contribution in [0.15, 0.2) is 28.8 Å². The van der Waals surface area contributed by atoms with Crippen molar-refractivity contribution in [1.29, 1.82) is 0 Å². The van der Waals surface area contributed by atoms with Gasteiger partial charge in [-0.1, -0.05) is 5.16 Å². The van der Waals surface area contributed by atoms with E-state index < -0.39 is 0 Å². The third-order valence-electron chi connectivity index (χ3n) is 3.95. The number of anilines is 1. The molecule has 0 radical (unpaired) electrons. The van der Waals surface area contributed by atoms with E-state index in [-0.39, 0.29) is 37.1 Å².